The first-order valence-electron chi connectivity index (χ1n) is 6.39. The average Bonchev–Trinajstić information content (AvgIpc) is 2.52. The lowest BCUT2D eigenvalue weighted by molar-refractivity contribution is 0.0927. The Hall–Kier alpha value is -2.21. The van der Waals surface area contributed by atoms with Gasteiger partial charge < -0.3 is 10.6 Å². The van der Waals surface area contributed by atoms with Crippen molar-refractivity contribution in [1.82, 2.24) is 15.6 Å². The number of hydrogen-bond acceptors (Lipinski definition) is 3. The number of nitrogens with one attached hydrogen (secondary N) is 2. The van der Waals surface area contributed by atoms with E-state index in [2.05, 4.69) is 31.5 Å². The number of carbonyl (C=O) groups is 2. The maximum Gasteiger partial charge on any atom is 0.251 e. The summed E-state index contributed by atoms with van der Waals surface area (Å²) in [5.41, 5.74) is 1.12. The molecular formula is C15H14BrN3O2. The van der Waals surface area contributed by atoms with E-state index in [1.54, 1.807) is 42.7 Å². The monoisotopic (exact) mass is 347 g/mol. The average molecular weight is 348 g/mol. The highest BCUT2D eigenvalue weighted by Gasteiger charge is 2.06. The van der Waals surface area contributed by atoms with Gasteiger partial charge in [0.2, 0.25) is 0 Å². The van der Waals surface area contributed by atoms with Crippen LogP contribution in [0, 0.1) is 0 Å². The van der Waals surface area contributed by atoms with E-state index in [-0.39, 0.29) is 11.8 Å². The summed E-state index contributed by atoms with van der Waals surface area (Å²) < 4.78 is 0.848. The van der Waals surface area contributed by atoms with Crippen molar-refractivity contribution >= 4 is 27.7 Å². The third kappa shape index (κ3) is 4.68. The Morgan fingerprint density at radius 2 is 1.57 bits per heavy atom. The molecule has 0 atom stereocenters. The molecule has 0 fully saturated rings. The van der Waals surface area contributed by atoms with Gasteiger partial charge in [0, 0.05) is 41.1 Å². The molecule has 1 aromatic heterocycles. The van der Waals surface area contributed by atoms with E-state index in [9.17, 15) is 9.59 Å². The lowest BCUT2D eigenvalue weighted by atomic mass is 10.2. The van der Waals surface area contributed by atoms with Crippen LogP contribution in [0.25, 0.3) is 0 Å². The topological polar surface area (TPSA) is 71.1 Å². The molecule has 0 radical (unpaired) electrons. The van der Waals surface area contributed by atoms with E-state index in [4.69, 9.17) is 0 Å². The van der Waals surface area contributed by atoms with Crippen molar-refractivity contribution in [3.63, 3.8) is 0 Å². The first kappa shape index (κ1) is 15.2. The summed E-state index contributed by atoms with van der Waals surface area (Å²) in [4.78, 5) is 27.5. The second-order valence-corrected chi connectivity index (χ2v) is 5.17. The number of amides is 2. The van der Waals surface area contributed by atoms with Crippen LogP contribution in [0.3, 0.4) is 0 Å². The fraction of sp³-hybridized carbons (Fsp3) is 0.133. The number of pyridine rings is 1. The van der Waals surface area contributed by atoms with Gasteiger partial charge in [-0.25, -0.2) is 0 Å². The zero-order valence-corrected chi connectivity index (χ0v) is 12.8. The van der Waals surface area contributed by atoms with Gasteiger partial charge in [0.05, 0.1) is 0 Å². The minimum absolute atomic E-state index is 0.172. The van der Waals surface area contributed by atoms with Gasteiger partial charge in [0.1, 0.15) is 0 Å². The fourth-order valence-corrected chi connectivity index (χ4v) is 2.09. The lowest BCUT2D eigenvalue weighted by Crippen LogP contribution is -2.34. The SMILES string of the molecule is O=C(NCCNC(=O)c1cccc(Br)c1)c1ccncc1. The van der Waals surface area contributed by atoms with E-state index in [1.807, 2.05) is 6.07 Å². The largest absolute Gasteiger partial charge is 0.350 e. The minimum Gasteiger partial charge on any atom is -0.350 e. The number of nitrogens with zero attached hydrogens (tertiary/aromatic N) is 1. The Balaban J connectivity index is 1.75. The van der Waals surface area contributed by atoms with Crippen LogP contribution in [0.5, 0.6) is 0 Å². The van der Waals surface area contributed by atoms with Crippen LogP contribution >= 0.6 is 15.9 Å². The molecule has 1 aromatic carbocycles. The predicted molar refractivity (Wildman–Crippen MR) is 83.0 cm³/mol. The molecule has 0 spiro atoms. The highest BCUT2D eigenvalue weighted by atomic mass is 79.9. The summed E-state index contributed by atoms with van der Waals surface area (Å²) in [7, 11) is 0. The Bertz CT molecular complexity index is 632. The molecule has 2 aromatic rings. The summed E-state index contributed by atoms with van der Waals surface area (Å²) in [6.45, 7) is 0.725. The molecule has 0 bridgehead atoms. The molecule has 6 heteroatoms. The zero-order valence-electron chi connectivity index (χ0n) is 11.2. The molecule has 108 valence electrons. The van der Waals surface area contributed by atoms with Crippen LogP contribution in [0.4, 0.5) is 0 Å². The maximum absolute atomic E-state index is 11.9. The number of benzene rings is 1. The van der Waals surface area contributed by atoms with Crippen molar-refractivity contribution in [2.75, 3.05) is 13.1 Å². The molecule has 0 aliphatic heterocycles. The predicted octanol–water partition coefficient (Wildman–Crippen LogP) is 2.00. The van der Waals surface area contributed by atoms with E-state index in [0.29, 0.717) is 24.2 Å². The number of aromatic nitrogens is 1. The summed E-state index contributed by atoms with van der Waals surface area (Å²) in [6.07, 6.45) is 3.12. The maximum atomic E-state index is 11.9. The Morgan fingerprint density at radius 3 is 2.19 bits per heavy atom. The van der Waals surface area contributed by atoms with Crippen LogP contribution < -0.4 is 10.6 Å². The van der Waals surface area contributed by atoms with Crippen molar-refractivity contribution in [2.45, 2.75) is 0 Å². The van der Waals surface area contributed by atoms with Crippen molar-refractivity contribution in [3.8, 4) is 0 Å². The smallest absolute Gasteiger partial charge is 0.251 e. The molecule has 0 aliphatic rings. The molecule has 21 heavy (non-hydrogen) atoms. The summed E-state index contributed by atoms with van der Waals surface area (Å²) in [5.74, 6) is -0.358. The zero-order chi connectivity index (χ0) is 15.1. The van der Waals surface area contributed by atoms with Crippen LogP contribution in [0.2, 0.25) is 0 Å². The van der Waals surface area contributed by atoms with E-state index >= 15 is 0 Å². The summed E-state index contributed by atoms with van der Waals surface area (Å²) in [6, 6.07) is 10.4. The first-order chi connectivity index (χ1) is 10.2. The molecule has 2 amide bonds. The number of rotatable bonds is 5. The van der Waals surface area contributed by atoms with E-state index in [1.165, 1.54) is 0 Å². The number of carbonyl (C=O) groups excluding carboxylic acids is 2. The van der Waals surface area contributed by atoms with Gasteiger partial charge in [0.25, 0.3) is 11.8 Å². The molecule has 5 nitrogen and oxygen atoms in total. The summed E-state index contributed by atoms with van der Waals surface area (Å²) >= 11 is 3.32. The third-order valence-electron chi connectivity index (χ3n) is 2.73. The molecule has 2 N–H and O–H groups in total. The molecule has 1 heterocycles. The summed E-state index contributed by atoms with van der Waals surface area (Å²) in [5, 5.41) is 5.47. The van der Waals surface area contributed by atoms with Gasteiger partial charge in [-0.1, -0.05) is 22.0 Å². The van der Waals surface area contributed by atoms with Gasteiger partial charge >= 0.3 is 0 Å². The highest BCUT2D eigenvalue weighted by Crippen LogP contribution is 2.11. The third-order valence-corrected chi connectivity index (χ3v) is 3.22. The molecule has 0 saturated carbocycles. The van der Waals surface area contributed by atoms with Crippen molar-refractivity contribution < 1.29 is 9.59 Å². The van der Waals surface area contributed by atoms with Gasteiger partial charge in [-0.2, -0.15) is 0 Å². The Labute approximate surface area is 130 Å². The Kier molecular flexibility index (Phi) is 5.45. The van der Waals surface area contributed by atoms with Crippen LogP contribution in [0.1, 0.15) is 20.7 Å². The molecule has 0 saturated heterocycles. The molecule has 0 unspecified atom stereocenters. The number of hydrogen-bond donors (Lipinski definition) is 2. The molecule has 0 aliphatic carbocycles. The standard InChI is InChI=1S/C15H14BrN3O2/c16-13-3-1-2-12(10-13)15(21)19-9-8-18-14(20)11-4-6-17-7-5-11/h1-7,10H,8-9H2,(H,18,20)(H,19,21). The van der Waals surface area contributed by atoms with Gasteiger partial charge in [-0.3, -0.25) is 14.6 Å². The van der Waals surface area contributed by atoms with E-state index < -0.39 is 0 Å². The van der Waals surface area contributed by atoms with Crippen molar-refractivity contribution in [2.24, 2.45) is 0 Å². The van der Waals surface area contributed by atoms with Gasteiger partial charge in [-0.15, -0.1) is 0 Å². The highest BCUT2D eigenvalue weighted by molar-refractivity contribution is 9.10. The van der Waals surface area contributed by atoms with Crippen molar-refractivity contribution in [1.29, 1.82) is 0 Å². The van der Waals surface area contributed by atoms with Crippen LogP contribution in [0.15, 0.2) is 53.3 Å². The molecule has 2 rings (SSSR count). The lowest BCUT2D eigenvalue weighted by Gasteiger charge is -2.07. The van der Waals surface area contributed by atoms with Crippen LogP contribution in [-0.4, -0.2) is 29.9 Å². The Morgan fingerprint density at radius 1 is 0.952 bits per heavy atom. The fourth-order valence-electron chi connectivity index (χ4n) is 1.69. The van der Waals surface area contributed by atoms with Crippen LogP contribution in [-0.2, 0) is 0 Å². The van der Waals surface area contributed by atoms with Gasteiger partial charge in [0.15, 0.2) is 0 Å². The second-order valence-electron chi connectivity index (χ2n) is 4.26. The molecular weight excluding hydrogens is 334 g/mol. The minimum atomic E-state index is -0.186. The second kappa shape index (κ2) is 7.54. The normalized spacial score (nSPS) is 9.95. The van der Waals surface area contributed by atoms with E-state index in [0.717, 1.165) is 4.47 Å². The quantitative estimate of drug-likeness (QED) is 0.812. The van der Waals surface area contributed by atoms with Gasteiger partial charge in [-0.05, 0) is 30.3 Å². The number of halogens is 1. The first-order valence-corrected chi connectivity index (χ1v) is 7.18. The van der Waals surface area contributed by atoms with Crippen molar-refractivity contribution in [3.05, 3.63) is 64.4 Å².